The highest BCUT2D eigenvalue weighted by molar-refractivity contribution is 7.86. The Morgan fingerprint density at radius 3 is 2.64 bits per heavy atom. The van der Waals surface area contributed by atoms with E-state index in [4.69, 9.17) is 11.6 Å². The van der Waals surface area contributed by atoms with E-state index in [0.717, 1.165) is 5.56 Å². The molecule has 0 unspecified atom stereocenters. The van der Waals surface area contributed by atoms with Crippen molar-refractivity contribution in [2.45, 2.75) is 13.3 Å². The van der Waals surface area contributed by atoms with Gasteiger partial charge in [-0.05, 0) is 24.5 Å². The maximum atomic E-state index is 12.2. The van der Waals surface area contributed by atoms with Gasteiger partial charge in [0.05, 0.1) is 5.75 Å². The van der Waals surface area contributed by atoms with Gasteiger partial charge >= 0.3 is 10.2 Å². The summed E-state index contributed by atoms with van der Waals surface area (Å²) in [5.41, 5.74) is 1.52. The quantitative estimate of drug-likeness (QED) is 0.756. The molecule has 1 aromatic rings. The molecule has 0 amide bonds. The van der Waals surface area contributed by atoms with Gasteiger partial charge in [-0.3, -0.25) is 0 Å². The molecule has 0 heterocycles. The van der Waals surface area contributed by atoms with E-state index in [1.54, 1.807) is 12.1 Å². The molecule has 78 valence electrons. The van der Waals surface area contributed by atoms with E-state index in [1.165, 1.54) is 0 Å². The van der Waals surface area contributed by atoms with Crippen LogP contribution in [-0.2, 0) is 16.6 Å². The molecular formula is C9H10ClFO2S. The maximum Gasteiger partial charge on any atom is 0.302 e. The predicted octanol–water partition coefficient (Wildman–Crippen LogP) is 2.49. The highest BCUT2D eigenvalue weighted by Crippen LogP contribution is 2.21. The fourth-order valence-electron chi connectivity index (χ4n) is 1.13. The summed E-state index contributed by atoms with van der Waals surface area (Å²) in [5.74, 6) is -0.518. The zero-order chi connectivity index (χ0) is 10.8. The van der Waals surface area contributed by atoms with Crippen molar-refractivity contribution in [1.29, 1.82) is 0 Å². The second-order valence-corrected chi connectivity index (χ2v) is 4.90. The van der Waals surface area contributed by atoms with Gasteiger partial charge in [0, 0.05) is 5.02 Å². The summed E-state index contributed by atoms with van der Waals surface area (Å²) >= 11 is 5.90. The maximum absolute atomic E-state index is 12.2. The van der Waals surface area contributed by atoms with Crippen molar-refractivity contribution >= 4 is 21.8 Å². The fraction of sp³-hybridized carbons (Fsp3) is 0.333. The molecule has 0 atom stereocenters. The second kappa shape index (κ2) is 4.28. The molecule has 0 N–H and O–H groups in total. The minimum absolute atomic E-state index is 0.110. The molecule has 0 spiro atoms. The molecule has 14 heavy (non-hydrogen) atoms. The van der Waals surface area contributed by atoms with Crippen LogP contribution < -0.4 is 0 Å². The van der Waals surface area contributed by atoms with Crippen LogP contribution in [0.25, 0.3) is 0 Å². The normalized spacial score (nSPS) is 11.6. The first kappa shape index (κ1) is 11.5. The van der Waals surface area contributed by atoms with Gasteiger partial charge in [0.15, 0.2) is 0 Å². The largest absolute Gasteiger partial charge is 0.302 e. The van der Waals surface area contributed by atoms with Crippen LogP contribution in [0.4, 0.5) is 3.89 Å². The summed E-state index contributed by atoms with van der Waals surface area (Å²) in [5, 5.41) is 0.510. The molecule has 0 aliphatic carbocycles. The van der Waals surface area contributed by atoms with Crippen molar-refractivity contribution in [3.05, 3.63) is 34.3 Å². The van der Waals surface area contributed by atoms with Crippen molar-refractivity contribution < 1.29 is 12.3 Å². The SMILES string of the molecule is Cc1cccc(CCS(=O)(=O)F)c1Cl. The Labute approximate surface area is 87.9 Å². The van der Waals surface area contributed by atoms with Crippen LogP contribution in [0.1, 0.15) is 11.1 Å². The van der Waals surface area contributed by atoms with Gasteiger partial charge in [0.2, 0.25) is 0 Å². The lowest BCUT2D eigenvalue weighted by molar-refractivity contribution is 0.551. The third-order valence-corrected chi connectivity index (χ3v) is 3.12. The minimum atomic E-state index is -4.41. The Morgan fingerprint density at radius 2 is 2.07 bits per heavy atom. The van der Waals surface area contributed by atoms with Gasteiger partial charge in [-0.1, -0.05) is 29.8 Å². The van der Waals surface area contributed by atoms with Gasteiger partial charge < -0.3 is 0 Å². The van der Waals surface area contributed by atoms with Gasteiger partial charge in [0.1, 0.15) is 0 Å². The van der Waals surface area contributed by atoms with Crippen LogP contribution >= 0.6 is 11.6 Å². The Bertz CT molecular complexity index is 428. The molecule has 0 aromatic heterocycles. The monoisotopic (exact) mass is 236 g/mol. The molecular weight excluding hydrogens is 227 g/mol. The van der Waals surface area contributed by atoms with Gasteiger partial charge in [-0.15, -0.1) is 3.89 Å². The lowest BCUT2D eigenvalue weighted by atomic mass is 10.1. The van der Waals surface area contributed by atoms with Crippen LogP contribution in [0.2, 0.25) is 5.02 Å². The van der Waals surface area contributed by atoms with E-state index >= 15 is 0 Å². The van der Waals surface area contributed by atoms with Crippen LogP contribution in [-0.4, -0.2) is 14.2 Å². The molecule has 2 nitrogen and oxygen atoms in total. The van der Waals surface area contributed by atoms with E-state index in [9.17, 15) is 12.3 Å². The fourth-order valence-corrected chi connectivity index (χ4v) is 1.82. The zero-order valence-corrected chi connectivity index (χ0v) is 9.20. The van der Waals surface area contributed by atoms with Crippen LogP contribution in [0.3, 0.4) is 0 Å². The van der Waals surface area contributed by atoms with Crippen LogP contribution in [0, 0.1) is 6.92 Å². The second-order valence-electron chi connectivity index (χ2n) is 3.04. The lowest BCUT2D eigenvalue weighted by Gasteiger charge is -2.04. The van der Waals surface area contributed by atoms with E-state index in [-0.39, 0.29) is 6.42 Å². The zero-order valence-electron chi connectivity index (χ0n) is 7.63. The summed E-state index contributed by atoms with van der Waals surface area (Å²) in [6.07, 6.45) is 0.110. The first-order chi connectivity index (χ1) is 6.40. The molecule has 5 heteroatoms. The first-order valence-corrected chi connectivity index (χ1v) is 5.99. The van der Waals surface area contributed by atoms with E-state index in [0.29, 0.717) is 10.6 Å². The molecule has 0 saturated carbocycles. The highest BCUT2D eigenvalue weighted by Gasteiger charge is 2.09. The Morgan fingerprint density at radius 1 is 1.43 bits per heavy atom. The molecule has 0 fully saturated rings. The average Bonchev–Trinajstić information content (AvgIpc) is 2.06. The summed E-state index contributed by atoms with van der Waals surface area (Å²) in [6.45, 7) is 1.82. The number of benzene rings is 1. The van der Waals surface area contributed by atoms with E-state index < -0.39 is 16.0 Å². The number of hydrogen-bond acceptors (Lipinski definition) is 2. The lowest BCUT2D eigenvalue weighted by Crippen LogP contribution is -2.02. The smallest absolute Gasteiger partial charge is 0.195 e. The molecule has 1 aromatic carbocycles. The topological polar surface area (TPSA) is 34.1 Å². The molecule has 1 rings (SSSR count). The summed E-state index contributed by atoms with van der Waals surface area (Å²) in [6, 6.07) is 5.28. The summed E-state index contributed by atoms with van der Waals surface area (Å²) < 4.78 is 32.8. The van der Waals surface area contributed by atoms with Crippen molar-refractivity contribution in [2.75, 3.05) is 5.75 Å². The Hall–Kier alpha value is -0.610. The van der Waals surface area contributed by atoms with Crippen LogP contribution in [0.5, 0.6) is 0 Å². The van der Waals surface area contributed by atoms with Crippen molar-refractivity contribution in [3.63, 3.8) is 0 Å². The number of aryl methyl sites for hydroxylation is 2. The summed E-state index contributed by atoms with van der Waals surface area (Å²) in [4.78, 5) is 0. The van der Waals surface area contributed by atoms with E-state index in [1.807, 2.05) is 13.0 Å². The van der Waals surface area contributed by atoms with Gasteiger partial charge in [-0.2, -0.15) is 8.42 Å². The predicted molar refractivity (Wildman–Crippen MR) is 54.8 cm³/mol. The minimum Gasteiger partial charge on any atom is -0.195 e. The number of hydrogen-bond donors (Lipinski definition) is 0. The van der Waals surface area contributed by atoms with Gasteiger partial charge in [-0.25, -0.2) is 0 Å². The summed E-state index contributed by atoms with van der Waals surface area (Å²) in [7, 11) is -4.41. The third-order valence-electron chi connectivity index (χ3n) is 1.89. The standard InChI is InChI=1S/C9H10ClFO2S/c1-7-3-2-4-8(9(7)10)5-6-14(11,12)13/h2-4H,5-6H2,1H3. The van der Waals surface area contributed by atoms with Crippen molar-refractivity contribution in [1.82, 2.24) is 0 Å². The van der Waals surface area contributed by atoms with E-state index in [2.05, 4.69) is 0 Å². The molecule has 0 bridgehead atoms. The average molecular weight is 237 g/mol. The molecule has 0 saturated heterocycles. The van der Waals surface area contributed by atoms with Crippen molar-refractivity contribution in [2.24, 2.45) is 0 Å². The molecule has 0 radical (unpaired) electrons. The number of rotatable bonds is 3. The highest BCUT2D eigenvalue weighted by atomic mass is 35.5. The van der Waals surface area contributed by atoms with Crippen molar-refractivity contribution in [3.8, 4) is 0 Å². The van der Waals surface area contributed by atoms with Gasteiger partial charge in [0.25, 0.3) is 0 Å². The number of halogens is 2. The van der Waals surface area contributed by atoms with Crippen LogP contribution in [0.15, 0.2) is 18.2 Å². The third kappa shape index (κ3) is 3.27. The molecule has 0 aliphatic rings. The Kier molecular flexibility index (Phi) is 3.50. The molecule has 0 aliphatic heterocycles. The first-order valence-electron chi connectivity index (χ1n) is 4.06. The Balaban J connectivity index is 2.83.